The average molecular weight is 373 g/mol. The van der Waals surface area contributed by atoms with Gasteiger partial charge in [0.2, 0.25) is 5.91 Å². The van der Waals surface area contributed by atoms with Gasteiger partial charge in [-0.15, -0.1) is 0 Å². The van der Waals surface area contributed by atoms with Crippen LogP contribution in [0.3, 0.4) is 0 Å². The van der Waals surface area contributed by atoms with Gasteiger partial charge in [0.1, 0.15) is 0 Å². The Bertz CT molecular complexity index is 511. The molecule has 0 aliphatic carbocycles. The van der Waals surface area contributed by atoms with Crippen LogP contribution in [0.25, 0.3) is 5.70 Å². The lowest BCUT2D eigenvalue weighted by molar-refractivity contribution is -0.131. The molecule has 0 radical (unpaired) electrons. The number of allylic oxidation sites excluding steroid dienone is 1. The number of nitrogens with zero attached hydrogens (tertiary/aromatic N) is 1. The fourth-order valence-corrected chi connectivity index (χ4v) is 3.41. The normalized spacial score (nSPS) is 20.0. The lowest BCUT2D eigenvalue weighted by atomic mass is 9.97. The monoisotopic (exact) mass is 371 g/mol. The van der Waals surface area contributed by atoms with Crippen LogP contribution in [0.4, 0.5) is 0 Å². The van der Waals surface area contributed by atoms with Crippen molar-refractivity contribution in [1.29, 1.82) is 0 Å². The first-order valence-corrected chi connectivity index (χ1v) is 7.60. The van der Waals surface area contributed by atoms with Crippen molar-refractivity contribution in [3.05, 3.63) is 38.8 Å². The third kappa shape index (κ3) is 2.54. The van der Waals surface area contributed by atoms with Crippen LogP contribution in [0.2, 0.25) is 0 Å². The van der Waals surface area contributed by atoms with Crippen LogP contribution in [-0.2, 0) is 4.79 Å². The van der Waals surface area contributed by atoms with Crippen LogP contribution in [0.1, 0.15) is 25.8 Å². The van der Waals surface area contributed by atoms with Gasteiger partial charge in [0.15, 0.2) is 0 Å². The highest BCUT2D eigenvalue weighted by atomic mass is 79.9. The largest absolute Gasteiger partial charge is 0.312 e. The van der Waals surface area contributed by atoms with Crippen molar-refractivity contribution < 1.29 is 4.79 Å². The standard InChI is InChI=1S/C14H15Br2NO/c1-3-17-13(7-4-9(2)14(17)18)11-6-5-10(15)8-12(11)16/h5-9H,3-4H2,1-2H3. The van der Waals surface area contributed by atoms with Gasteiger partial charge in [-0.3, -0.25) is 4.79 Å². The zero-order chi connectivity index (χ0) is 13.3. The van der Waals surface area contributed by atoms with Crippen LogP contribution in [0.15, 0.2) is 33.2 Å². The smallest absolute Gasteiger partial charge is 0.230 e. The maximum Gasteiger partial charge on any atom is 0.230 e. The maximum absolute atomic E-state index is 12.2. The van der Waals surface area contributed by atoms with E-state index in [0.717, 1.165) is 26.6 Å². The highest BCUT2D eigenvalue weighted by molar-refractivity contribution is 9.11. The van der Waals surface area contributed by atoms with Crippen molar-refractivity contribution >= 4 is 43.5 Å². The van der Waals surface area contributed by atoms with Crippen LogP contribution < -0.4 is 0 Å². The predicted molar refractivity (Wildman–Crippen MR) is 81.0 cm³/mol. The quantitative estimate of drug-likeness (QED) is 0.751. The van der Waals surface area contributed by atoms with Crippen molar-refractivity contribution in [3.63, 3.8) is 0 Å². The minimum atomic E-state index is 0.0860. The molecule has 0 bridgehead atoms. The highest BCUT2D eigenvalue weighted by Gasteiger charge is 2.27. The van der Waals surface area contributed by atoms with Gasteiger partial charge in [0.05, 0.1) is 0 Å². The summed E-state index contributed by atoms with van der Waals surface area (Å²) in [5, 5.41) is 0. The van der Waals surface area contributed by atoms with E-state index in [9.17, 15) is 4.79 Å². The molecular formula is C14H15Br2NO. The van der Waals surface area contributed by atoms with Gasteiger partial charge in [-0.25, -0.2) is 0 Å². The number of carbonyl (C=O) groups excluding carboxylic acids is 1. The molecule has 18 heavy (non-hydrogen) atoms. The molecule has 1 heterocycles. The van der Waals surface area contributed by atoms with Crippen LogP contribution >= 0.6 is 31.9 Å². The molecule has 1 unspecified atom stereocenters. The molecule has 0 spiro atoms. The van der Waals surface area contributed by atoms with Crippen molar-refractivity contribution in [2.24, 2.45) is 5.92 Å². The molecule has 0 aromatic heterocycles. The third-order valence-electron chi connectivity index (χ3n) is 3.17. The number of carbonyl (C=O) groups is 1. The first-order chi connectivity index (χ1) is 8.54. The molecule has 96 valence electrons. The second-order valence-corrected chi connectivity index (χ2v) is 6.20. The zero-order valence-electron chi connectivity index (χ0n) is 10.4. The Kier molecular flexibility index (Phi) is 4.28. The molecule has 0 fully saturated rings. The summed E-state index contributed by atoms with van der Waals surface area (Å²) >= 11 is 7.01. The van der Waals surface area contributed by atoms with E-state index < -0.39 is 0 Å². The summed E-state index contributed by atoms with van der Waals surface area (Å²) in [5.74, 6) is 0.299. The number of rotatable bonds is 2. The number of hydrogen-bond donors (Lipinski definition) is 0. The predicted octanol–water partition coefficient (Wildman–Crippen LogP) is 4.44. The van der Waals surface area contributed by atoms with E-state index in [-0.39, 0.29) is 11.8 Å². The summed E-state index contributed by atoms with van der Waals surface area (Å²) < 4.78 is 2.03. The number of halogens is 2. The summed E-state index contributed by atoms with van der Waals surface area (Å²) in [6, 6.07) is 6.04. The van der Waals surface area contributed by atoms with E-state index in [1.165, 1.54) is 0 Å². The van der Waals surface area contributed by atoms with Gasteiger partial charge in [0.25, 0.3) is 0 Å². The highest BCUT2D eigenvalue weighted by Crippen LogP contribution is 2.33. The van der Waals surface area contributed by atoms with E-state index in [1.807, 2.05) is 36.9 Å². The SMILES string of the molecule is CCN1C(=O)C(C)CC=C1c1ccc(Br)cc1Br. The first-order valence-electron chi connectivity index (χ1n) is 6.01. The molecule has 1 aromatic carbocycles. The van der Waals surface area contributed by atoms with Crippen molar-refractivity contribution in [3.8, 4) is 0 Å². The summed E-state index contributed by atoms with van der Waals surface area (Å²) in [7, 11) is 0. The van der Waals surface area contributed by atoms with Gasteiger partial charge >= 0.3 is 0 Å². The topological polar surface area (TPSA) is 20.3 Å². The molecular weight excluding hydrogens is 358 g/mol. The molecule has 1 aliphatic rings. The molecule has 1 amide bonds. The van der Waals surface area contributed by atoms with Crippen LogP contribution in [-0.4, -0.2) is 17.4 Å². The van der Waals surface area contributed by atoms with Gasteiger partial charge in [-0.05, 0) is 25.5 Å². The van der Waals surface area contributed by atoms with Crippen LogP contribution in [0.5, 0.6) is 0 Å². The number of hydrogen-bond acceptors (Lipinski definition) is 1. The molecule has 0 saturated carbocycles. The van der Waals surface area contributed by atoms with E-state index in [1.54, 1.807) is 0 Å². The summed E-state index contributed by atoms with van der Waals surface area (Å²) in [6.07, 6.45) is 2.97. The van der Waals surface area contributed by atoms with E-state index in [0.29, 0.717) is 6.54 Å². The molecule has 1 aromatic rings. The summed E-state index contributed by atoms with van der Waals surface area (Å²) in [4.78, 5) is 14.0. The Morgan fingerprint density at radius 3 is 2.72 bits per heavy atom. The number of benzene rings is 1. The van der Waals surface area contributed by atoms with Gasteiger partial charge in [-0.1, -0.05) is 50.9 Å². The third-order valence-corrected chi connectivity index (χ3v) is 4.32. The van der Waals surface area contributed by atoms with Crippen molar-refractivity contribution in [2.45, 2.75) is 20.3 Å². The summed E-state index contributed by atoms with van der Waals surface area (Å²) in [5.41, 5.74) is 2.08. The molecule has 1 atom stereocenters. The average Bonchev–Trinajstić information content (AvgIpc) is 2.33. The fraction of sp³-hybridized carbons (Fsp3) is 0.357. The van der Waals surface area contributed by atoms with Gasteiger partial charge in [-0.2, -0.15) is 0 Å². The zero-order valence-corrected chi connectivity index (χ0v) is 13.6. The van der Waals surface area contributed by atoms with Gasteiger partial charge in [0, 0.05) is 32.7 Å². The van der Waals surface area contributed by atoms with Crippen LogP contribution in [0, 0.1) is 5.92 Å². The van der Waals surface area contributed by atoms with E-state index in [4.69, 9.17) is 0 Å². The van der Waals surface area contributed by atoms with E-state index in [2.05, 4.69) is 37.9 Å². The van der Waals surface area contributed by atoms with Crippen molar-refractivity contribution in [2.75, 3.05) is 6.54 Å². The molecule has 1 aliphatic heterocycles. The molecule has 0 N–H and O–H groups in total. The minimum Gasteiger partial charge on any atom is -0.312 e. The second kappa shape index (κ2) is 5.57. The van der Waals surface area contributed by atoms with Gasteiger partial charge < -0.3 is 4.90 Å². The first kappa shape index (κ1) is 13.8. The van der Waals surface area contributed by atoms with Crippen molar-refractivity contribution in [1.82, 2.24) is 4.90 Å². The summed E-state index contributed by atoms with van der Waals surface area (Å²) in [6.45, 7) is 4.70. The molecule has 2 nitrogen and oxygen atoms in total. The molecule has 4 heteroatoms. The Hall–Kier alpha value is -0.610. The Labute approximate surface area is 124 Å². The Morgan fingerprint density at radius 1 is 1.39 bits per heavy atom. The second-order valence-electron chi connectivity index (χ2n) is 4.43. The number of amides is 1. The maximum atomic E-state index is 12.2. The molecule has 2 rings (SSSR count). The fourth-order valence-electron chi connectivity index (χ4n) is 2.16. The molecule has 0 saturated heterocycles. The lowest BCUT2D eigenvalue weighted by Gasteiger charge is -2.31. The van der Waals surface area contributed by atoms with E-state index >= 15 is 0 Å². The lowest BCUT2D eigenvalue weighted by Crippen LogP contribution is -2.36. The Balaban J connectivity index is 2.45. The minimum absolute atomic E-state index is 0.0860. The Morgan fingerprint density at radius 2 is 2.11 bits per heavy atom.